The molecule has 0 aromatic heterocycles. The fourth-order valence-corrected chi connectivity index (χ4v) is 2.92. The molecule has 3 rings (SSSR count). The van der Waals surface area contributed by atoms with Gasteiger partial charge in [0.15, 0.2) is 23.1 Å². The van der Waals surface area contributed by atoms with Crippen LogP contribution in [0.3, 0.4) is 0 Å². The molecule has 0 radical (unpaired) electrons. The number of rotatable bonds is 5. The predicted octanol–water partition coefficient (Wildman–Crippen LogP) is 3.73. The van der Waals surface area contributed by atoms with Crippen LogP contribution in [-0.4, -0.2) is 26.2 Å². The number of fused-ring (bicyclic) bond motifs is 1. The van der Waals surface area contributed by atoms with Crippen LogP contribution in [0.1, 0.15) is 35.8 Å². The Kier molecular flexibility index (Phi) is 5.30. The van der Waals surface area contributed by atoms with Gasteiger partial charge >= 0.3 is 0 Å². The third-order valence-electron chi connectivity index (χ3n) is 4.29. The summed E-state index contributed by atoms with van der Waals surface area (Å²) in [5, 5.41) is 2.98. The Labute approximate surface area is 152 Å². The van der Waals surface area contributed by atoms with Crippen molar-refractivity contribution in [1.82, 2.24) is 5.32 Å². The molecular weight excluding hydrogens is 337 g/mol. The molecule has 0 spiro atoms. The lowest BCUT2D eigenvalue weighted by Gasteiger charge is -2.25. The van der Waals surface area contributed by atoms with Gasteiger partial charge < -0.3 is 19.5 Å². The molecule has 1 aliphatic heterocycles. The molecule has 0 aliphatic carbocycles. The molecule has 1 aliphatic rings. The minimum Gasteiger partial charge on any atom is -0.494 e. The molecule has 2 aromatic carbocycles. The first-order valence-electron chi connectivity index (χ1n) is 8.53. The van der Waals surface area contributed by atoms with Gasteiger partial charge in [-0.1, -0.05) is 19.9 Å². The fraction of sp³-hybridized carbons (Fsp3) is 0.350. The summed E-state index contributed by atoms with van der Waals surface area (Å²) >= 11 is 0. The van der Waals surface area contributed by atoms with Gasteiger partial charge in [0.05, 0.1) is 13.2 Å². The van der Waals surface area contributed by atoms with Crippen molar-refractivity contribution in [3.63, 3.8) is 0 Å². The zero-order valence-corrected chi connectivity index (χ0v) is 15.0. The van der Waals surface area contributed by atoms with Gasteiger partial charge in [0.2, 0.25) is 0 Å². The van der Waals surface area contributed by atoms with Crippen LogP contribution >= 0.6 is 0 Å². The van der Waals surface area contributed by atoms with E-state index in [0.717, 1.165) is 5.56 Å². The number of methoxy groups -OCH3 is 1. The van der Waals surface area contributed by atoms with Gasteiger partial charge in [0, 0.05) is 5.56 Å². The number of nitrogens with one attached hydrogen (secondary N) is 1. The van der Waals surface area contributed by atoms with Crippen LogP contribution in [0.4, 0.5) is 4.39 Å². The molecule has 6 heteroatoms. The Morgan fingerprint density at radius 2 is 1.85 bits per heavy atom. The maximum atomic E-state index is 13.9. The van der Waals surface area contributed by atoms with Crippen molar-refractivity contribution < 1.29 is 23.4 Å². The van der Waals surface area contributed by atoms with Gasteiger partial charge in [-0.15, -0.1) is 0 Å². The van der Waals surface area contributed by atoms with Crippen molar-refractivity contribution in [2.75, 3.05) is 20.3 Å². The molecule has 1 heterocycles. The van der Waals surface area contributed by atoms with E-state index >= 15 is 0 Å². The van der Waals surface area contributed by atoms with Crippen LogP contribution in [0.25, 0.3) is 0 Å². The lowest BCUT2D eigenvalue weighted by Crippen LogP contribution is -2.32. The highest BCUT2D eigenvalue weighted by molar-refractivity contribution is 5.94. The van der Waals surface area contributed by atoms with E-state index < -0.39 is 5.82 Å². The van der Waals surface area contributed by atoms with E-state index in [9.17, 15) is 9.18 Å². The summed E-state index contributed by atoms with van der Waals surface area (Å²) in [5.41, 5.74) is 1.15. The Morgan fingerprint density at radius 1 is 1.12 bits per heavy atom. The van der Waals surface area contributed by atoms with Crippen LogP contribution in [0.5, 0.6) is 17.2 Å². The monoisotopic (exact) mass is 359 g/mol. The first-order chi connectivity index (χ1) is 12.5. The first kappa shape index (κ1) is 18.0. The molecule has 0 fully saturated rings. The number of amides is 1. The van der Waals surface area contributed by atoms with Crippen molar-refractivity contribution in [1.29, 1.82) is 0 Å². The van der Waals surface area contributed by atoms with Crippen LogP contribution < -0.4 is 19.5 Å². The van der Waals surface area contributed by atoms with Gasteiger partial charge in [0.25, 0.3) is 5.91 Å². The lowest BCUT2D eigenvalue weighted by molar-refractivity contribution is 0.0924. The number of benzene rings is 2. The molecule has 1 atom stereocenters. The second-order valence-corrected chi connectivity index (χ2v) is 6.45. The van der Waals surface area contributed by atoms with E-state index in [4.69, 9.17) is 14.2 Å². The van der Waals surface area contributed by atoms with Crippen molar-refractivity contribution >= 4 is 5.91 Å². The van der Waals surface area contributed by atoms with E-state index in [1.54, 1.807) is 6.07 Å². The quantitative estimate of drug-likeness (QED) is 0.884. The normalized spacial score (nSPS) is 14.0. The minimum absolute atomic E-state index is 0.105. The summed E-state index contributed by atoms with van der Waals surface area (Å²) in [6.07, 6.45) is 0. The van der Waals surface area contributed by atoms with E-state index in [2.05, 4.69) is 5.32 Å². The van der Waals surface area contributed by atoms with E-state index in [1.165, 1.54) is 19.2 Å². The van der Waals surface area contributed by atoms with Gasteiger partial charge in [-0.05, 0) is 41.8 Å². The zero-order chi connectivity index (χ0) is 18.7. The highest BCUT2D eigenvalue weighted by atomic mass is 19.1. The van der Waals surface area contributed by atoms with Crippen molar-refractivity contribution in [3.8, 4) is 17.2 Å². The van der Waals surface area contributed by atoms with Crippen molar-refractivity contribution in [2.45, 2.75) is 19.9 Å². The molecule has 5 nitrogen and oxygen atoms in total. The summed E-state index contributed by atoms with van der Waals surface area (Å²) < 4.78 is 29.9. The van der Waals surface area contributed by atoms with Crippen molar-refractivity contribution in [3.05, 3.63) is 53.3 Å². The van der Waals surface area contributed by atoms with Crippen LogP contribution in [0, 0.1) is 11.7 Å². The Morgan fingerprint density at radius 3 is 2.50 bits per heavy atom. The largest absolute Gasteiger partial charge is 0.494 e. The topological polar surface area (TPSA) is 56.8 Å². The van der Waals surface area contributed by atoms with Gasteiger partial charge in [0.1, 0.15) is 13.2 Å². The predicted molar refractivity (Wildman–Crippen MR) is 95.4 cm³/mol. The number of ether oxygens (including phenoxy) is 3. The molecule has 1 amide bonds. The van der Waals surface area contributed by atoms with Crippen LogP contribution in [0.2, 0.25) is 0 Å². The standard InChI is InChI=1S/C20H22FNO4/c1-12(2)19(13-4-7-17-18(11-13)26-9-8-25-17)22-20(23)14-5-6-16(24-3)15(21)10-14/h4-7,10-12,19H,8-9H2,1-3H3,(H,22,23)/t19-/m0/s1. The second kappa shape index (κ2) is 7.64. The van der Waals surface area contributed by atoms with Gasteiger partial charge in [-0.25, -0.2) is 4.39 Å². The summed E-state index contributed by atoms with van der Waals surface area (Å²) in [6, 6.07) is 9.55. The molecule has 26 heavy (non-hydrogen) atoms. The summed E-state index contributed by atoms with van der Waals surface area (Å²) in [4.78, 5) is 12.6. The van der Waals surface area contributed by atoms with Crippen molar-refractivity contribution in [2.24, 2.45) is 5.92 Å². The third kappa shape index (κ3) is 3.74. The Bertz CT molecular complexity index is 806. The lowest BCUT2D eigenvalue weighted by atomic mass is 9.95. The highest BCUT2D eigenvalue weighted by Gasteiger charge is 2.22. The summed E-state index contributed by atoms with van der Waals surface area (Å²) in [7, 11) is 1.38. The van der Waals surface area contributed by atoms with Crippen LogP contribution in [-0.2, 0) is 0 Å². The number of hydrogen-bond acceptors (Lipinski definition) is 4. The van der Waals surface area contributed by atoms with Crippen LogP contribution in [0.15, 0.2) is 36.4 Å². The average molecular weight is 359 g/mol. The smallest absolute Gasteiger partial charge is 0.251 e. The minimum atomic E-state index is -0.569. The molecular formula is C20H22FNO4. The van der Waals surface area contributed by atoms with Gasteiger partial charge in [-0.3, -0.25) is 4.79 Å². The molecule has 1 N–H and O–H groups in total. The zero-order valence-electron chi connectivity index (χ0n) is 15.0. The van der Waals surface area contributed by atoms with Gasteiger partial charge in [-0.2, -0.15) is 0 Å². The molecule has 138 valence electrons. The van der Waals surface area contributed by atoms with E-state index in [0.29, 0.717) is 24.7 Å². The molecule has 0 saturated carbocycles. The van der Waals surface area contributed by atoms with E-state index in [-0.39, 0.29) is 29.2 Å². The number of hydrogen-bond donors (Lipinski definition) is 1. The maximum absolute atomic E-state index is 13.9. The number of carbonyl (C=O) groups is 1. The number of carbonyl (C=O) groups excluding carboxylic acids is 1. The fourth-order valence-electron chi connectivity index (χ4n) is 2.92. The molecule has 2 aromatic rings. The highest BCUT2D eigenvalue weighted by Crippen LogP contribution is 2.34. The molecule has 0 bridgehead atoms. The SMILES string of the molecule is COc1ccc(C(=O)N[C@H](c2ccc3c(c2)OCCO3)C(C)C)cc1F. The third-order valence-corrected chi connectivity index (χ3v) is 4.29. The number of halogens is 1. The average Bonchev–Trinajstić information content (AvgIpc) is 2.65. The molecule has 0 unspecified atom stereocenters. The molecule has 0 saturated heterocycles. The van der Waals surface area contributed by atoms with E-state index in [1.807, 2.05) is 32.0 Å². The summed E-state index contributed by atoms with van der Waals surface area (Å²) in [5.74, 6) is 0.689. The second-order valence-electron chi connectivity index (χ2n) is 6.45. The summed E-state index contributed by atoms with van der Waals surface area (Å²) in [6.45, 7) is 5.05. The maximum Gasteiger partial charge on any atom is 0.251 e. The Balaban J connectivity index is 1.82. The Hall–Kier alpha value is -2.76. The first-order valence-corrected chi connectivity index (χ1v) is 8.53.